The molecule has 0 saturated carbocycles. The molecule has 0 aromatic carbocycles. The third kappa shape index (κ3) is 0.958. The highest BCUT2D eigenvalue weighted by Crippen LogP contribution is 2.25. The SMILES string of the molecule is O=C1CCOc2c(F)ccnc21. The van der Waals surface area contributed by atoms with Crippen LogP contribution in [0.25, 0.3) is 0 Å². The largest absolute Gasteiger partial charge is 0.488 e. The summed E-state index contributed by atoms with van der Waals surface area (Å²) in [7, 11) is 0. The maximum Gasteiger partial charge on any atom is 0.188 e. The minimum atomic E-state index is -0.520. The van der Waals surface area contributed by atoms with Crippen LogP contribution in [0.3, 0.4) is 0 Å². The van der Waals surface area contributed by atoms with E-state index in [1.807, 2.05) is 0 Å². The van der Waals surface area contributed by atoms with E-state index in [2.05, 4.69) is 4.98 Å². The lowest BCUT2D eigenvalue weighted by Crippen LogP contribution is -2.17. The van der Waals surface area contributed by atoms with Crippen LogP contribution in [0.2, 0.25) is 0 Å². The van der Waals surface area contributed by atoms with Crippen molar-refractivity contribution < 1.29 is 13.9 Å². The van der Waals surface area contributed by atoms with Gasteiger partial charge in [-0.05, 0) is 6.07 Å². The van der Waals surface area contributed by atoms with Crippen LogP contribution in [0.15, 0.2) is 12.3 Å². The lowest BCUT2D eigenvalue weighted by atomic mass is 10.1. The van der Waals surface area contributed by atoms with Gasteiger partial charge in [0.25, 0.3) is 0 Å². The molecule has 0 N–H and O–H groups in total. The highest BCUT2D eigenvalue weighted by Gasteiger charge is 2.22. The number of carbonyl (C=O) groups excluding carboxylic acids is 1. The van der Waals surface area contributed by atoms with E-state index in [0.29, 0.717) is 0 Å². The molecule has 0 spiro atoms. The first-order chi connectivity index (χ1) is 5.79. The Bertz CT molecular complexity index is 338. The zero-order valence-electron chi connectivity index (χ0n) is 6.21. The minimum absolute atomic E-state index is 0.00579. The van der Waals surface area contributed by atoms with Crippen LogP contribution in [-0.2, 0) is 0 Å². The molecule has 0 unspecified atom stereocenters. The molecule has 1 aliphatic heterocycles. The molecule has 1 aliphatic rings. The number of halogens is 1. The summed E-state index contributed by atoms with van der Waals surface area (Å²) in [5.74, 6) is -0.683. The zero-order valence-corrected chi connectivity index (χ0v) is 6.21. The standard InChI is InChI=1S/C8H6FNO2/c9-5-1-3-10-7-6(11)2-4-12-8(5)7/h1,3H,2,4H2. The first-order valence-corrected chi connectivity index (χ1v) is 3.59. The van der Waals surface area contributed by atoms with Gasteiger partial charge >= 0.3 is 0 Å². The summed E-state index contributed by atoms with van der Waals surface area (Å²) in [6, 6.07) is 1.18. The summed E-state index contributed by atoms with van der Waals surface area (Å²) in [6.45, 7) is 0.244. The van der Waals surface area contributed by atoms with Crippen molar-refractivity contribution in [2.24, 2.45) is 0 Å². The minimum Gasteiger partial charge on any atom is -0.488 e. The van der Waals surface area contributed by atoms with Gasteiger partial charge in [-0.25, -0.2) is 9.37 Å². The van der Waals surface area contributed by atoms with Crippen LogP contribution in [0.5, 0.6) is 5.75 Å². The average molecular weight is 167 g/mol. The van der Waals surface area contributed by atoms with Crippen molar-refractivity contribution in [1.29, 1.82) is 0 Å². The smallest absolute Gasteiger partial charge is 0.188 e. The number of hydrogen-bond acceptors (Lipinski definition) is 3. The second-order valence-electron chi connectivity index (χ2n) is 2.49. The van der Waals surface area contributed by atoms with Crippen molar-refractivity contribution in [1.82, 2.24) is 4.98 Å². The Morgan fingerprint density at radius 3 is 3.17 bits per heavy atom. The Morgan fingerprint density at radius 2 is 2.42 bits per heavy atom. The maximum atomic E-state index is 12.9. The Balaban J connectivity index is 2.59. The van der Waals surface area contributed by atoms with E-state index in [0.717, 1.165) is 0 Å². The Morgan fingerprint density at radius 1 is 1.58 bits per heavy atom. The summed E-state index contributed by atoms with van der Waals surface area (Å²) in [4.78, 5) is 14.9. The molecular formula is C8H6FNO2. The molecule has 0 bridgehead atoms. The summed E-state index contributed by atoms with van der Waals surface area (Å²) in [5, 5.41) is 0. The van der Waals surface area contributed by atoms with E-state index in [1.165, 1.54) is 12.3 Å². The molecule has 12 heavy (non-hydrogen) atoms. The third-order valence-electron chi connectivity index (χ3n) is 1.70. The zero-order chi connectivity index (χ0) is 8.55. The van der Waals surface area contributed by atoms with Gasteiger partial charge in [0.1, 0.15) is 0 Å². The van der Waals surface area contributed by atoms with Gasteiger partial charge in [-0.15, -0.1) is 0 Å². The fraction of sp³-hybridized carbons (Fsp3) is 0.250. The van der Waals surface area contributed by atoms with Gasteiger partial charge in [0.2, 0.25) is 0 Å². The second kappa shape index (κ2) is 2.55. The first-order valence-electron chi connectivity index (χ1n) is 3.59. The van der Waals surface area contributed by atoms with Crippen molar-refractivity contribution in [3.63, 3.8) is 0 Å². The van der Waals surface area contributed by atoms with Crippen LogP contribution >= 0.6 is 0 Å². The average Bonchev–Trinajstić information content (AvgIpc) is 2.07. The number of rotatable bonds is 0. The van der Waals surface area contributed by atoms with Crippen molar-refractivity contribution in [2.45, 2.75) is 6.42 Å². The number of ether oxygens (including phenoxy) is 1. The van der Waals surface area contributed by atoms with Gasteiger partial charge in [0.05, 0.1) is 6.61 Å². The highest BCUT2D eigenvalue weighted by atomic mass is 19.1. The van der Waals surface area contributed by atoms with Crippen LogP contribution in [-0.4, -0.2) is 17.4 Å². The van der Waals surface area contributed by atoms with Crippen LogP contribution in [0.1, 0.15) is 16.9 Å². The van der Waals surface area contributed by atoms with Gasteiger partial charge in [0, 0.05) is 12.6 Å². The van der Waals surface area contributed by atoms with Crippen molar-refractivity contribution in [2.75, 3.05) is 6.61 Å². The van der Waals surface area contributed by atoms with Gasteiger partial charge in [0.15, 0.2) is 23.0 Å². The van der Waals surface area contributed by atoms with Crippen LogP contribution in [0.4, 0.5) is 4.39 Å². The topological polar surface area (TPSA) is 39.2 Å². The molecule has 1 aromatic rings. The molecule has 0 amide bonds. The van der Waals surface area contributed by atoms with Crippen molar-refractivity contribution >= 4 is 5.78 Å². The second-order valence-corrected chi connectivity index (χ2v) is 2.49. The molecule has 1 aromatic heterocycles. The van der Waals surface area contributed by atoms with E-state index in [-0.39, 0.29) is 30.3 Å². The van der Waals surface area contributed by atoms with Gasteiger partial charge in [-0.2, -0.15) is 0 Å². The summed E-state index contributed by atoms with van der Waals surface area (Å²) in [6.07, 6.45) is 1.55. The monoisotopic (exact) mass is 167 g/mol. The Labute approximate surface area is 68.2 Å². The van der Waals surface area contributed by atoms with Crippen LogP contribution < -0.4 is 4.74 Å². The molecule has 3 nitrogen and oxygen atoms in total. The van der Waals surface area contributed by atoms with E-state index < -0.39 is 5.82 Å². The molecule has 0 aliphatic carbocycles. The van der Waals surface area contributed by atoms with Crippen molar-refractivity contribution in [3.8, 4) is 5.75 Å². The van der Waals surface area contributed by atoms with Crippen molar-refractivity contribution in [3.05, 3.63) is 23.8 Å². The summed E-state index contributed by atoms with van der Waals surface area (Å²) >= 11 is 0. The number of aromatic nitrogens is 1. The lowest BCUT2D eigenvalue weighted by molar-refractivity contribution is 0.0922. The van der Waals surface area contributed by atoms with E-state index >= 15 is 0 Å². The number of fused-ring (bicyclic) bond motifs is 1. The Kier molecular flexibility index (Phi) is 1.53. The quantitative estimate of drug-likeness (QED) is 0.582. The number of ketones is 1. The van der Waals surface area contributed by atoms with Gasteiger partial charge in [-0.1, -0.05) is 0 Å². The first kappa shape index (κ1) is 7.21. The number of pyridine rings is 1. The molecule has 62 valence electrons. The molecule has 2 heterocycles. The van der Waals surface area contributed by atoms with Gasteiger partial charge < -0.3 is 4.74 Å². The number of nitrogens with zero attached hydrogens (tertiary/aromatic N) is 1. The third-order valence-corrected chi connectivity index (χ3v) is 1.70. The number of carbonyl (C=O) groups is 1. The van der Waals surface area contributed by atoms with E-state index in [4.69, 9.17) is 4.74 Å². The fourth-order valence-electron chi connectivity index (χ4n) is 1.12. The predicted molar refractivity (Wildman–Crippen MR) is 38.6 cm³/mol. The van der Waals surface area contributed by atoms with E-state index in [1.54, 1.807) is 0 Å². The molecule has 0 radical (unpaired) electrons. The molecule has 0 atom stereocenters. The fourth-order valence-corrected chi connectivity index (χ4v) is 1.12. The van der Waals surface area contributed by atoms with Gasteiger partial charge in [-0.3, -0.25) is 4.79 Å². The van der Waals surface area contributed by atoms with Crippen LogP contribution in [0, 0.1) is 5.82 Å². The molecule has 0 fully saturated rings. The maximum absolute atomic E-state index is 12.9. The summed E-state index contributed by atoms with van der Waals surface area (Å²) in [5.41, 5.74) is 0.112. The molecular weight excluding hydrogens is 161 g/mol. The number of hydrogen-bond donors (Lipinski definition) is 0. The number of Topliss-reactive ketones (excluding diaryl/α,β-unsaturated/α-hetero) is 1. The lowest BCUT2D eigenvalue weighted by Gasteiger charge is -2.14. The highest BCUT2D eigenvalue weighted by molar-refractivity contribution is 5.97. The summed E-state index contributed by atoms with van der Waals surface area (Å²) < 4.78 is 17.9. The Hall–Kier alpha value is -1.45. The molecule has 0 saturated heterocycles. The molecule has 2 rings (SSSR count). The normalized spacial score (nSPS) is 15.2. The predicted octanol–water partition coefficient (Wildman–Crippen LogP) is 1.19. The molecule has 4 heteroatoms. The van der Waals surface area contributed by atoms with E-state index in [9.17, 15) is 9.18 Å².